The predicted molar refractivity (Wildman–Crippen MR) is 68.2 cm³/mol. The van der Waals surface area contributed by atoms with E-state index in [1.807, 2.05) is 0 Å². The Labute approximate surface area is 110 Å². The first-order valence-corrected chi connectivity index (χ1v) is 6.08. The molecule has 1 fully saturated rings. The van der Waals surface area contributed by atoms with Crippen molar-refractivity contribution in [2.24, 2.45) is 0 Å². The molecule has 1 aliphatic rings. The number of halogens is 1. The van der Waals surface area contributed by atoms with Crippen molar-refractivity contribution in [3.63, 3.8) is 0 Å². The summed E-state index contributed by atoms with van der Waals surface area (Å²) in [4.78, 5) is 24.0. The predicted octanol–water partition coefficient (Wildman–Crippen LogP) is 2.16. The van der Waals surface area contributed by atoms with Crippen LogP contribution in [0.2, 0.25) is 0 Å². The van der Waals surface area contributed by atoms with Crippen molar-refractivity contribution in [3.8, 4) is 0 Å². The molecule has 4 nitrogen and oxygen atoms in total. The van der Waals surface area contributed by atoms with E-state index in [4.69, 9.17) is 5.11 Å². The van der Waals surface area contributed by atoms with Crippen molar-refractivity contribution < 1.29 is 19.1 Å². The molecule has 1 N–H and O–H groups in total. The molecule has 100 valence electrons. The maximum atomic E-state index is 13.8. The molecule has 0 spiro atoms. The maximum absolute atomic E-state index is 13.8. The van der Waals surface area contributed by atoms with E-state index in [0.29, 0.717) is 18.7 Å². The van der Waals surface area contributed by atoms with Gasteiger partial charge in [0.1, 0.15) is 5.82 Å². The van der Waals surface area contributed by atoms with Gasteiger partial charge in [0.25, 0.3) is 5.91 Å². The molecule has 0 aliphatic carbocycles. The van der Waals surface area contributed by atoms with E-state index in [0.717, 1.165) is 18.9 Å². The van der Waals surface area contributed by atoms with E-state index >= 15 is 0 Å². The van der Waals surface area contributed by atoms with Crippen LogP contribution in [0.4, 0.5) is 4.39 Å². The third kappa shape index (κ3) is 3.19. The molecule has 1 heterocycles. The van der Waals surface area contributed by atoms with Crippen LogP contribution in [0.15, 0.2) is 24.3 Å². The zero-order chi connectivity index (χ0) is 13.8. The van der Waals surface area contributed by atoms with E-state index in [-0.39, 0.29) is 11.5 Å². The molecule has 0 aromatic heterocycles. The molecule has 0 saturated carbocycles. The fraction of sp³-hybridized carbons (Fsp3) is 0.286. The highest BCUT2D eigenvalue weighted by Gasteiger charge is 2.21. The molecule has 0 unspecified atom stereocenters. The zero-order valence-corrected chi connectivity index (χ0v) is 10.3. The zero-order valence-electron chi connectivity index (χ0n) is 10.3. The minimum atomic E-state index is -1.10. The Bertz CT molecular complexity index is 533. The number of carboxylic acid groups (broad SMARTS) is 1. The van der Waals surface area contributed by atoms with Crippen molar-refractivity contribution in [1.82, 2.24) is 4.90 Å². The molecule has 0 atom stereocenters. The van der Waals surface area contributed by atoms with Crippen molar-refractivity contribution >= 4 is 18.0 Å². The SMILES string of the molecule is O=C(O)/C=C/c1ccc(C(=O)N2CCCC2)c(F)c1. The topological polar surface area (TPSA) is 57.6 Å². The van der Waals surface area contributed by atoms with Gasteiger partial charge < -0.3 is 10.0 Å². The molecule has 2 rings (SSSR count). The summed E-state index contributed by atoms with van der Waals surface area (Å²) < 4.78 is 13.8. The summed E-state index contributed by atoms with van der Waals surface area (Å²) >= 11 is 0. The standard InChI is InChI=1S/C14H14FNO3/c15-12-9-10(4-6-13(17)18)3-5-11(12)14(19)16-7-1-2-8-16/h3-6,9H,1-2,7-8H2,(H,17,18)/b6-4+. The lowest BCUT2D eigenvalue weighted by atomic mass is 10.1. The second-order valence-electron chi connectivity index (χ2n) is 4.41. The summed E-state index contributed by atoms with van der Waals surface area (Å²) in [6.07, 6.45) is 4.12. The van der Waals surface area contributed by atoms with Gasteiger partial charge in [-0.3, -0.25) is 4.79 Å². The van der Waals surface area contributed by atoms with Gasteiger partial charge in [-0.25, -0.2) is 9.18 Å². The Hall–Kier alpha value is -2.17. The Morgan fingerprint density at radius 1 is 1.26 bits per heavy atom. The first-order chi connectivity index (χ1) is 9.08. The largest absolute Gasteiger partial charge is 0.478 e. The number of likely N-dealkylation sites (tertiary alicyclic amines) is 1. The average molecular weight is 263 g/mol. The van der Waals surface area contributed by atoms with Crippen LogP contribution in [0.3, 0.4) is 0 Å². The number of amides is 1. The van der Waals surface area contributed by atoms with Crippen LogP contribution in [0.1, 0.15) is 28.8 Å². The van der Waals surface area contributed by atoms with Gasteiger partial charge in [-0.05, 0) is 36.6 Å². The van der Waals surface area contributed by atoms with Crippen LogP contribution in [-0.2, 0) is 4.79 Å². The molecule has 1 saturated heterocycles. The maximum Gasteiger partial charge on any atom is 0.328 e. The quantitative estimate of drug-likeness (QED) is 0.850. The summed E-state index contributed by atoms with van der Waals surface area (Å²) in [6.45, 7) is 1.33. The van der Waals surface area contributed by atoms with E-state index in [9.17, 15) is 14.0 Å². The molecule has 1 aromatic rings. The number of benzene rings is 1. The normalized spacial score (nSPS) is 15.1. The van der Waals surface area contributed by atoms with Gasteiger partial charge in [-0.15, -0.1) is 0 Å². The number of hydrogen-bond donors (Lipinski definition) is 1. The highest BCUT2D eigenvalue weighted by Crippen LogP contribution is 2.17. The highest BCUT2D eigenvalue weighted by molar-refractivity contribution is 5.95. The van der Waals surface area contributed by atoms with Crippen molar-refractivity contribution in [1.29, 1.82) is 0 Å². The Morgan fingerprint density at radius 3 is 2.53 bits per heavy atom. The van der Waals surface area contributed by atoms with Gasteiger partial charge in [0.05, 0.1) is 5.56 Å². The third-order valence-electron chi connectivity index (χ3n) is 3.04. The van der Waals surface area contributed by atoms with E-state index in [2.05, 4.69) is 0 Å². The number of aliphatic carboxylic acids is 1. The van der Waals surface area contributed by atoms with Crippen LogP contribution < -0.4 is 0 Å². The van der Waals surface area contributed by atoms with Crippen LogP contribution >= 0.6 is 0 Å². The van der Waals surface area contributed by atoms with Crippen molar-refractivity contribution in [2.75, 3.05) is 13.1 Å². The van der Waals surface area contributed by atoms with Gasteiger partial charge in [0.15, 0.2) is 0 Å². The van der Waals surface area contributed by atoms with E-state index < -0.39 is 11.8 Å². The molecule has 5 heteroatoms. The van der Waals surface area contributed by atoms with E-state index in [1.54, 1.807) is 4.90 Å². The minimum Gasteiger partial charge on any atom is -0.478 e. The number of nitrogens with zero attached hydrogens (tertiary/aromatic N) is 1. The molecule has 0 bridgehead atoms. The third-order valence-corrected chi connectivity index (χ3v) is 3.04. The second kappa shape index (κ2) is 5.65. The molecular weight excluding hydrogens is 249 g/mol. The van der Waals surface area contributed by atoms with Gasteiger partial charge in [-0.2, -0.15) is 0 Å². The molecule has 19 heavy (non-hydrogen) atoms. The second-order valence-corrected chi connectivity index (χ2v) is 4.41. The van der Waals surface area contributed by atoms with Crippen LogP contribution in [0.5, 0.6) is 0 Å². The van der Waals surface area contributed by atoms with Crippen molar-refractivity contribution in [3.05, 3.63) is 41.2 Å². The average Bonchev–Trinajstić information content (AvgIpc) is 2.89. The minimum absolute atomic E-state index is 0.0365. The molecule has 1 aromatic carbocycles. The Kier molecular flexibility index (Phi) is 3.94. The highest BCUT2D eigenvalue weighted by atomic mass is 19.1. The molecule has 1 aliphatic heterocycles. The molecular formula is C14H14FNO3. The van der Waals surface area contributed by atoms with Crippen molar-refractivity contribution in [2.45, 2.75) is 12.8 Å². The van der Waals surface area contributed by atoms with Gasteiger partial charge >= 0.3 is 5.97 Å². The lowest BCUT2D eigenvalue weighted by Gasteiger charge is -2.15. The van der Waals surface area contributed by atoms with E-state index in [1.165, 1.54) is 24.3 Å². The summed E-state index contributed by atoms with van der Waals surface area (Å²) in [5.41, 5.74) is 0.451. The van der Waals surface area contributed by atoms with Gasteiger partial charge in [-0.1, -0.05) is 6.07 Å². The van der Waals surface area contributed by atoms with Crippen LogP contribution in [0.25, 0.3) is 6.08 Å². The molecule has 0 radical (unpaired) electrons. The fourth-order valence-electron chi connectivity index (χ4n) is 2.07. The smallest absolute Gasteiger partial charge is 0.328 e. The number of carboxylic acids is 1. The number of hydrogen-bond acceptors (Lipinski definition) is 2. The number of carbonyl (C=O) groups is 2. The first-order valence-electron chi connectivity index (χ1n) is 6.08. The van der Waals surface area contributed by atoms with Gasteiger partial charge in [0.2, 0.25) is 0 Å². The number of rotatable bonds is 3. The van der Waals surface area contributed by atoms with Crippen LogP contribution in [0, 0.1) is 5.82 Å². The van der Waals surface area contributed by atoms with Gasteiger partial charge in [0, 0.05) is 19.2 Å². The number of carbonyl (C=O) groups excluding carboxylic acids is 1. The lowest BCUT2D eigenvalue weighted by molar-refractivity contribution is -0.131. The fourth-order valence-corrected chi connectivity index (χ4v) is 2.07. The summed E-state index contributed by atoms with van der Waals surface area (Å²) in [7, 11) is 0. The molecule has 1 amide bonds. The first kappa shape index (κ1) is 13.3. The monoisotopic (exact) mass is 263 g/mol. The summed E-state index contributed by atoms with van der Waals surface area (Å²) in [5.74, 6) is -2.02. The summed E-state index contributed by atoms with van der Waals surface area (Å²) in [5, 5.41) is 8.49. The Balaban J connectivity index is 2.19. The summed E-state index contributed by atoms with van der Waals surface area (Å²) in [6, 6.07) is 4.10. The van der Waals surface area contributed by atoms with Crippen LogP contribution in [-0.4, -0.2) is 35.0 Å². The lowest BCUT2D eigenvalue weighted by Crippen LogP contribution is -2.28. The Morgan fingerprint density at radius 2 is 1.95 bits per heavy atom.